The Morgan fingerprint density at radius 2 is 1.95 bits per heavy atom. The fourth-order valence-electron chi connectivity index (χ4n) is 2.71. The molecule has 0 spiro atoms. The molecule has 0 heterocycles. The van der Waals surface area contributed by atoms with E-state index in [4.69, 9.17) is 14.6 Å². The van der Waals surface area contributed by atoms with E-state index >= 15 is 0 Å². The van der Waals surface area contributed by atoms with E-state index in [0.29, 0.717) is 5.92 Å². The Morgan fingerprint density at radius 1 is 1.26 bits per heavy atom. The molecule has 0 saturated carbocycles. The molecule has 1 aromatic carbocycles. The van der Waals surface area contributed by atoms with E-state index < -0.39 is 0 Å². The molecular formula is C15H23NO3. The topological polar surface area (TPSA) is 41.9 Å². The summed E-state index contributed by atoms with van der Waals surface area (Å²) in [6.45, 7) is 2.23. The van der Waals surface area contributed by atoms with Gasteiger partial charge in [-0.15, -0.1) is 0 Å². The van der Waals surface area contributed by atoms with Crippen molar-refractivity contribution < 1.29 is 14.6 Å². The van der Waals surface area contributed by atoms with Gasteiger partial charge in [-0.3, -0.25) is 0 Å². The predicted octanol–water partition coefficient (Wildman–Crippen LogP) is 1.66. The van der Waals surface area contributed by atoms with E-state index in [1.165, 1.54) is 11.1 Å². The zero-order chi connectivity index (χ0) is 13.8. The van der Waals surface area contributed by atoms with Gasteiger partial charge in [0.2, 0.25) is 0 Å². The monoisotopic (exact) mass is 265 g/mol. The van der Waals surface area contributed by atoms with E-state index in [0.717, 1.165) is 37.4 Å². The van der Waals surface area contributed by atoms with Gasteiger partial charge in [-0.25, -0.2) is 0 Å². The minimum absolute atomic E-state index is 0.261. The second-order valence-corrected chi connectivity index (χ2v) is 5.15. The first-order chi connectivity index (χ1) is 9.19. The van der Waals surface area contributed by atoms with E-state index in [1.54, 1.807) is 14.2 Å². The van der Waals surface area contributed by atoms with Crippen molar-refractivity contribution in [2.24, 2.45) is 0 Å². The van der Waals surface area contributed by atoms with Crippen molar-refractivity contribution in [1.82, 2.24) is 4.90 Å². The van der Waals surface area contributed by atoms with Crippen LogP contribution in [0.5, 0.6) is 11.5 Å². The Bertz CT molecular complexity index is 434. The summed E-state index contributed by atoms with van der Waals surface area (Å²) in [6, 6.07) is 4.18. The molecule has 1 aromatic rings. The fraction of sp³-hybridized carbons (Fsp3) is 0.600. The molecule has 19 heavy (non-hydrogen) atoms. The first kappa shape index (κ1) is 14.2. The van der Waals surface area contributed by atoms with Crippen LogP contribution in [-0.2, 0) is 6.42 Å². The van der Waals surface area contributed by atoms with Crippen molar-refractivity contribution in [2.75, 3.05) is 41.0 Å². The average molecular weight is 265 g/mol. The van der Waals surface area contributed by atoms with Crippen molar-refractivity contribution in [3.63, 3.8) is 0 Å². The Labute approximate surface area is 114 Å². The molecule has 0 saturated heterocycles. The fourth-order valence-corrected chi connectivity index (χ4v) is 2.71. The summed E-state index contributed by atoms with van der Waals surface area (Å²) < 4.78 is 10.7. The van der Waals surface area contributed by atoms with Crippen LogP contribution in [0.25, 0.3) is 0 Å². The van der Waals surface area contributed by atoms with Gasteiger partial charge in [0.05, 0.1) is 14.2 Å². The van der Waals surface area contributed by atoms with Crippen molar-refractivity contribution in [3.8, 4) is 11.5 Å². The van der Waals surface area contributed by atoms with Crippen LogP contribution < -0.4 is 9.47 Å². The van der Waals surface area contributed by atoms with Gasteiger partial charge in [0, 0.05) is 25.6 Å². The molecule has 0 amide bonds. The molecule has 4 nitrogen and oxygen atoms in total. The third kappa shape index (κ3) is 3.01. The molecule has 0 fully saturated rings. The lowest BCUT2D eigenvalue weighted by atomic mass is 9.77. The van der Waals surface area contributed by atoms with Crippen molar-refractivity contribution >= 4 is 0 Å². The van der Waals surface area contributed by atoms with Crippen LogP contribution in [0.15, 0.2) is 12.1 Å². The summed E-state index contributed by atoms with van der Waals surface area (Å²) in [5.41, 5.74) is 2.73. The molecule has 1 unspecified atom stereocenters. The summed E-state index contributed by atoms with van der Waals surface area (Å²) in [7, 11) is 5.45. The van der Waals surface area contributed by atoms with Gasteiger partial charge in [-0.1, -0.05) is 0 Å². The molecule has 1 N–H and O–H groups in total. The first-order valence-electron chi connectivity index (χ1n) is 6.73. The van der Waals surface area contributed by atoms with Gasteiger partial charge in [-0.2, -0.15) is 0 Å². The van der Waals surface area contributed by atoms with Gasteiger partial charge in [-0.05, 0) is 43.1 Å². The van der Waals surface area contributed by atoms with Crippen LogP contribution >= 0.6 is 0 Å². The first-order valence-corrected chi connectivity index (χ1v) is 6.73. The SMILES string of the molecule is COc1cc2c(cc1OC)C(CN(C)CCCO)C2. The third-order valence-electron chi connectivity index (χ3n) is 3.78. The van der Waals surface area contributed by atoms with Crippen molar-refractivity contribution in [1.29, 1.82) is 0 Å². The lowest BCUT2D eigenvalue weighted by Crippen LogP contribution is -2.31. The summed E-state index contributed by atoms with van der Waals surface area (Å²) in [4.78, 5) is 2.28. The maximum Gasteiger partial charge on any atom is 0.161 e. The third-order valence-corrected chi connectivity index (χ3v) is 3.78. The molecule has 1 aliphatic rings. The molecule has 0 aliphatic heterocycles. The number of rotatable bonds is 7. The number of aliphatic hydroxyl groups is 1. The number of nitrogens with zero attached hydrogens (tertiary/aromatic N) is 1. The van der Waals surface area contributed by atoms with Gasteiger partial charge in [0.15, 0.2) is 11.5 Å². The number of hydrogen-bond acceptors (Lipinski definition) is 4. The number of fused-ring (bicyclic) bond motifs is 1. The highest BCUT2D eigenvalue weighted by Gasteiger charge is 2.29. The molecule has 2 rings (SSSR count). The Kier molecular flexibility index (Phi) is 4.66. The van der Waals surface area contributed by atoms with Crippen LogP contribution in [0.4, 0.5) is 0 Å². The summed E-state index contributed by atoms with van der Waals surface area (Å²) in [5, 5.41) is 8.85. The van der Waals surface area contributed by atoms with Crippen LogP contribution in [0.3, 0.4) is 0 Å². The smallest absolute Gasteiger partial charge is 0.161 e. The standard InChI is InChI=1S/C15H23NO3/c1-16(5-4-6-17)10-12-7-11-8-14(18-2)15(19-3)9-13(11)12/h8-9,12,17H,4-7,10H2,1-3H3. The zero-order valence-corrected chi connectivity index (χ0v) is 12.0. The maximum atomic E-state index is 8.85. The molecule has 0 bridgehead atoms. The number of hydrogen-bond donors (Lipinski definition) is 1. The van der Waals surface area contributed by atoms with Gasteiger partial charge < -0.3 is 19.5 Å². The van der Waals surface area contributed by atoms with Crippen molar-refractivity contribution in [3.05, 3.63) is 23.3 Å². The quantitative estimate of drug-likeness (QED) is 0.814. The Hall–Kier alpha value is -1.26. The van der Waals surface area contributed by atoms with Crippen molar-refractivity contribution in [2.45, 2.75) is 18.8 Å². The molecule has 0 radical (unpaired) electrons. The van der Waals surface area contributed by atoms with Crippen LogP contribution in [-0.4, -0.2) is 51.0 Å². The second-order valence-electron chi connectivity index (χ2n) is 5.15. The van der Waals surface area contributed by atoms with Gasteiger partial charge in [0.1, 0.15) is 0 Å². The summed E-state index contributed by atoms with van der Waals surface area (Å²) in [5.74, 6) is 2.19. The predicted molar refractivity (Wildman–Crippen MR) is 75.2 cm³/mol. The lowest BCUT2D eigenvalue weighted by molar-refractivity contribution is 0.237. The minimum Gasteiger partial charge on any atom is -0.493 e. The highest BCUT2D eigenvalue weighted by Crippen LogP contribution is 2.42. The van der Waals surface area contributed by atoms with Crippen LogP contribution in [0.1, 0.15) is 23.5 Å². The maximum absolute atomic E-state index is 8.85. The lowest BCUT2D eigenvalue weighted by Gasteiger charge is -2.34. The highest BCUT2D eigenvalue weighted by atomic mass is 16.5. The van der Waals surface area contributed by atoms with E-state index in [1.807, 2.05) is 0 Å². The zero-order valence-electron chi connectivity index (χ0n) is 12.0. The number of aliphatic hydroxyl groups excluding tert-OH is 1. The number of benzene rings is 1. The second kappa shape index (κ2) is 6.26. The molecule has 1 atom stereocenters. The number of likely N-dealkylation sites (N-methyl/N-ethyl adjacent to an activating group) is 1. The normalized spacial score (nSPS) is 17.0. The molecule has 4 heteroatoms. The van der Waals surface area contributed by atoms with Crippen LogP contribution in [0.2, 0.25) is 0 Å². The minimum atomic E-state index is 0.261. The molecule has 106 valence electrons. The summed E-state index contributed by atoms with van der Waals surface area (Å²) >= 11 is 0. The Morgan fingerprint density at radius 3 is 2.58 bits per heavy atom. The van der Waals surface area contributed by atoms with Crippen LogP contribution in [0, 0.1) is 0 Å². The number of methoxy groups -OCH3 is 2. The molecule has 1 aliphatic carbocycles. The van der Waals surface area contributed by atoms with E-state index in [2.05, 4.69) is 24.1 Å². The van der Waals surface area contributed by atoms with E-state index in [-0.39, 0.29) is 6.61 Å². The van der Waals surface area contributed by atoms with E-state index in [9.17, 15) is 0 Å². The molecular weight excluding hydrogens is 242 g/mol. The average Bonchev–Trinajstić information content (AvgIpc) is 2.41. The summed E-state index contributed by atoms with van der Waals surface area (Å²) in [6.07, 6.45) is 1.93. The van der Waals surface area contributed by atoms with Gasteiger partial charge >= 0.3 is 0 Å². The highest BCUT2D eigenvalue weighted by molar-refractivity contribution is 5.53. The Balaban J connectivity index is 2.02. The number of ether oxygens (including phenoxy) is 2. The largest absolute Gasteiger partial charge is 0.493 e. The van der Waals surface area contributed by atoms with Gasteiger partial charge in [0.25, 0.3) is 0 Å². The molecule has 0 aromatic heterocycles.